The Morgan fingerprint density at radius 3 is 2.24 bits per heavy atom. The van der Waals surface area contributed by atoms with Crippen molar-refractivity contribution in [2.75, 3.05) is 5.75 Å². The van der Waals surface area contributed by atoms with Crippen molar-refractivity contribution in [3.8, 4) is 5.75 Å². The Bertz CT molecular complexity index is 1030. The molecule has 0 saturated heterocycles. The van der Waals surface area contributed by atoms with E-state index < -0.39 is 44.0 Å². The van der Waals surface area contributed by atoms with E-state index in [1.165, 1.54) is 24.3 Å². The Morgan fingerprint density at radius 1 is 1.14 bits per heavy atom. The number of benzene rings is 2. The van der Waals surface area contributed by atoms with Gasteiger partial charge in [-0.15, -0.1) is 0 Å². The number of halogens is 4. The molecule has 1 N–H and O–H groups in total. The lowest BCUT2D eigenvalue weighted by molar-refractivity contribution is -0.197. The van der Waals surface area contributed by atoms with Gasteiger partial charge in [0.15, 0.2) is 0 Å². The van der Waals surface area contributed by atoms with E-state index in [1.807, 2.05) is 22.6 Å². The molecule has 0 aromatic heterocycles. The number of rotatable bonds is 6. The van der Waals surface area contributed by atoms with Crippen molar-refractivity contribution in [1.82, 2.24) is 0 Å². The van der Waals surface area contributed by atoms with Crippen molar-refractivity contribution in [2.45, 2.75) is 23.1 Å². The first kappa shape index (κ1) is 23.3. The summed E-state index contributed by atoms with van der Waals surface area (Å²) in [5, 5.41) is 0.405. The fraction of sp³-hybridized carbons (Fsp3) is 0.294. The number of hydrogen-bond donors (Lipinski definition) is 1. The van der Waals surface area contributed by atoms with E-state index in [1.54, 1.807) is 13.0 Å². The average molecular weight is 546 g/mol. The quantitative estimate of drug-likeness (QED) is 0.194. The molecule has 2 rings (SSSR count). The molecule has 0 amide bonds. The molecule has 0 aliphatic rings. The summed E-state index contributed by atoms with van der Waals surface area (Å²) in [5.41, 5.74) is -0.299. The Labute approximate surface area is 177 Å². The summed E-state index contributed by atoms with van der Waals surface area (Å²) < 4.78 is 78.5. The summed E-state index contributed by atoms with van der Waals surface area (Å²) in [6.45, 7) is 1.60. The van der Waals surface area contributed by atoms with Gasteiger partial charge in [0.25, 0.3) is 10.1 Å². The second-order valence-electron chi connectivity index (χ2n) is 5.88. The zero-order chi connectivity index (χ0) is 22.0. The Morgan fingerprint density at radius 2 is 1.72 bits per heavy atom. The Balaban J connectivity index is 2.43. The van der Waals surface area contributed by atoms with Crippen LogP contribution < -0.4 is 4.74 Å². The van der Waals surface area contributed by atoms with Crippen LogP contribution in [-0.4, -0.2) is 46.9 Å². The molecule has 2 aromatic rings. The first-order valence-corrected chi connectivity index (χ1v) is 10.8. The van der Waals surface area contributed by atoms with Gasteiger partial charge in [-0.1, -0.05) is 46.9 Å². The smallest absolute Gasteiger partial charge is 0.426 e. The zero-order valence-corrected chi connectivity index (χ0v) is 17.6. The minimum Gasteiger partial charge on any atom is -0.448 e. The molecule has 0 fully saturated rings. The number of alkyl halides is 4. The molecule has 0 radical (unpaired) electrons. The van der Waals surface area contributed by atoms with Crippen molar-refractivity contribution >= 4 is 55.4 Å². The van der Waals surface area contributed by atoms with Crippen LogP contribution in [0.15, 0.2) is 36.4 Å². The van der Waals surface area contributed by atoms with Gasteiger partial charge in [-0.2, -0.15) is 21.6 Å². The van der Waals surface area contributed by atoms with Gasteiger partial charge in [0.2, 0.25) is 6.10 Å². The molecule has 12 heteroatoms. The fourth-order valence-electron chi connectivity index (χ4n) is 2.31. The third-order valence-corrected chi connectivity index (χ3v) is 4.85. The van der Waals surface area contributed by atoms with Crippen molar-refractivity contribution in [3.05, 3.63) is 42.0 Å². The highest BCUT2D eigenvalue weighted by Gasteiger charge is 2.45. The topological polar surface area (TPSA) is 107 Å². The van der Waals surface area contributed by atoms with E-state index in [4.69, 9.17) is 9.29 Å². The standard InChI is InChI=1S/C17H14F3IO7S/c1-9(21)15(22)27-13-7-6-12(10-4-2-3-5-11(10)13)16(23)28-14(17(18,19)20)8-29(24,25)26/h2-7,9,14H,8H2,1H3,(H,24,25,26). The van der Waals surface area contributed by atoms with Crippen LogP contribution in [0.3, 0.4) is 0 Å². The SMILES string of the molecule is CC(I)C(=O)Oc1ccc(C(=O)OC(CS(=O)(=O)O)C(F)(F)F)c2ccccc12. The van der Waals surface area contributed by atoms with Gasteiger partial charge in [0.1, 0.15) is 15.4 Å². The molecular formula is C17H14F3IO7S. The molecule has 158 valence electrons. The second-order valence-corrected chi connectivity index (χ2v) is 9.24. The molecule has 0 aliphatic heterocycles. The molecule has 0 spiro atoms. The third-order valence-electron chi connectivity index (χ3n) is 3.62. The van der Waals surface area contributed by atoms with Crippen LogP contribution in [0.4, 0.5) is 13.2 Å². The van der Waals surface area contributed by atoms with E-state index in [0.29, 0.717) is 0 Å². The van der Waals surface area contributed by atoms with E-state index in [-0.39, 0.29) is 22.1 Å². The van der Waals surface area contributed by atoms with Gasteiger partial charge in [0.05, 0.1) is 5.56 Å². The maximum absolute atomic E-state index is 13.0. The summed E-state index contributed by atoms with van der Waals surface area (Å²) in [4.78, 5) is 24.2. The molecule has 2 aromatic carbocycles. The Hall–Kier alpha value is -1.93. The van der Waals surface area contributed by atoms with E-state index in [9.17, 15) is 31.2 Å². The zero-order valence-electron chi connectivity index (χ0n) is 14.6. The normalized spacial score (nSPS) is 14.3. The van der Waals surface area contributed by atoms with Crippen LogP contribution in [0.1, 0.15) is 17.3 Å². The highest BCUT2D eigenvalue weighted by Crippen LogP contribution is 2.31. The molecule has 0 heterocycles. The predicted octanol–water partition coefficient (Wildman–Crippen LogP) is 3.54. The second kappa shape index (κ2) is 8.83. The largest absolute Gasteiger partial charge is 0.448 e. The molecule has 0 saturated carbocycles. The van der Waals surface area contributed by atoms with Crippen LogP contribution in [0.25, 0.3) is 10.8 Å². The van der Waals surface area contributed by atoms with Crippen molar-refractivity contribution in [2.24, 2.45) is 0 Å². The van der Waals surface area contributed by atoms with E-state index in [2.05, 4.69) is 4.74 Å². The maximum atomic E-state index is 13.0. The number of ether oxygens (including phenoxy) is 2. The molecule has 7 nitrogen and oxygen atoms in total. The van der Waals surface area contributed by atoms with Gasteiger partial charge in [0, 0.05) is 5.39 Å². The summed E-state index contributed by atoms with van der Waals surface area (Å²) in [6.07, 6.45) is -8.27. The Kier molecular flexibility index (Phi) is 7.11. The first-order valence-electron chi connectivity index (χ1n) is 7.90. The van der Waals surface area contributed by atoms with Gasteiger partial charge in [-0.3, -0.25) is 9.35 Å². The van der Waals surface area contributed by atoms with Crippen molar-refractivity contribution < 1.29 is 45.2 Å². The van der Waals surface area contributed by atoms with Crippen molar-refractivity contribution in [3.63, 3.8) is 0 Å². The lowest BCUT2D eigenvalue weighted by atomic mass is 10.0. The number of carbonyl (C=O) groups excluding carboxylic acids is 2. The molecule has 0 aliphatic carbocycles. The van der Waals surface area contributed by atoms with E-state index >= 15 is 0 Å². The number of fused-ring (bicyclic) bond motifs is 1. The summed E-state index contributed by atoms with van der Waals surface area (Å²) in [5.74, 6) is -3.75. The van der Waals surface area contributed by atoms with Gasteiger partial charge < -0.3 is 9.47 Å². The highest BCUT2D eigenvalue weighted by atomic mass is 127. The van der Waals surface area contributed by atoms with Crippen LogP contribution in [0.2, 0.25) is 0 Å². The minimum atomic E-state index is -5.22. The van der Waals surface area contributed by atoms with Crippen LogP contribution in [0, 0.1) is 0 Å². The van der Waals surface area contributed by atoms with Gasteiger partial charge in [-0.25, -0.2) is 4.79 Å². The average Bonchev–Trinajstić information content (AvgIpc) is 2.59. The monoisotopic (exact) mass is 546 g/mol. The number of hydrogen-bond acceptors (Lipinski definition) is 6. The lowest BCUT2D eigenvalue weighted by Crippen LogP contribution is -2.39. The summed E-state index contributed by atoms with van der Waals surface area (Å²) in [7, 11) is -5.06. The summed E-state index contributed by atoms with van der Waals surface area (Å²) in [6, 6.07) is 8.30. The predicted molar refractivity (Wildman–Crippen MR) is 105 cm³/mol. The lowest BCUT2D eigenvalue weighted by Gasteiger charge is -2.20. The minimum absolute atomic E-state index is 0.0935. The fourth-order valence-corrected chi connectivity index (χ4v) is 3.07. The van der Waals surface area contributed by atoms with Gasteiger partial charge >= 0.3 is 18.1 Å². The maximum Gasteiger partial charge on any atom is 0.426 e. The third kappa shape index (κ3) is 6.27. The molecule has 29 heavy (non-hydrogen) atoms. The first-order chi connectivity index (χ1) is 13.3. The number of esters is 2. The van der Waals surface area contributed by atoms with Crippen LogP contribution in [0.5, 0.6) is 5.75 Å². The number of carbonyl (C=O) groups is 2. The van der Waals surface area contributed by atoms with E-state index in [0.717, 1.165) is 6.07 Å². The van der Waals surface area contributed by atoms with Crippen LogP contribution in [-0.2, 0) is 19.6 Å². The molecular weight excluding hydrogens is 532 g/mol. The van der Waals surface area contributed by atoms with Crippen molar-refractivity contribution in [1.29, 1.82) is 0 Å². The highest BCUT2D eigenvalue weighted by molar-refractivity contribution is 14.1. The molecule has 2 atom stereocenters. The molecule has 2 unspecified atom stereocenters. The summed E-state index contributed by atoms with van der Waals surface area (Å²) >= 11 is 1.84. The van der Waals surface area contributed by atoms with Gasteiger partial charge in [-0.05, 0) is 24.4 Å². The molecule has 0 bridgehead atoms. The van der Waals surface area contributed by atoms with Crippen LogP contribution >= 0.6 is 22.6 Å².